The van der Waals surface area contributed by atoms with Gasteiger partial charge in [-0.25, -0.2) is 0 Å². The van der Waals surface area contributed by atoms with Crippen molar-refractivity contribution in [3.8, 4) is 0 Å². The second kappa shape index (κ2) is 2.82. The normalized spacial score (nSPS) is 11.2. The summed E-state index contributed by atoms with van der Waals surface area (Å²) in [5.74, 6) is 0. The lowest BCUT2D eigenvalue weighted by molar-refractivity contribution is 1.23. The second-order valence-electron chi connectivity index (χ2n) is 3.17. The van der Waals surface area contributed by atoms with Crippen LogP contribution in [-0.4, -0.2) is 9.38 Å². The van der Waals surface area contributed by atoms with Crippen molar-refractivity contribution in [2.45, 2.75) is 0 Å². The minimum absolute atomic E-state index is 1.02. The van der Waals surface area contributed by atoms with Crippen LogP contribution in [-0.2, 0) is 0 Å². The highest BCUT2D eigenvalue weighted by Crippen LogP contribution is 2.22. The van der Waals surface area contributed by atoms with E-state index in [9.17, 15) is 0 Å². The van der Waals surface area contributed by atoms with Crippen molar-refractivity contribution < 1.29 is 0 Å². The molecule has 0 aliphatic heterocycles. The molecule has 14 heavy (non-hydrogen) atoms. The molecule has 0 bridgehead atoms. The minimum atomic E-state index is 1.02. The van der Waals surface area contributed by atoms with Crippen LogP contribution in [0.5, 0.6) is 0 Å². The molecule has 0 radical (unpaired) electrons. The van der Waals surface area contributed by atoms with Crippen molar-refractivity contribution in [2.24, 2.45) is 0 Å². The van der Waals surface area contributed by atoms with Crippen LogP contribution in [0.15, 0.2) is 47.2 Å². The molecule has 0 atom stereocenters. The van der Waals surface area contributed by atoms with Crippen LogP contribution in [0.2, 0.25) is 0 Å². The van der Waals surface area contributed by atoms with E-state index in [1.807, 2.05) is 36.7 Å². The van der Waals surface area contributed by atoms with Crippen LogP contribution >= 0.6 is 15.9 Å². The zero-order valence-corrected chi connectivity index (χ0v) is 8.90. The first kappa shape index (κ1) is 8.00. The van der Waals surface area contributed by atoms with Gasteiger partial charge in [0.15, 0.2) is 0 Å². The van der Waals surface area contributed by atoms with Gasteiger partial charge in [0, 0.05) is 10.7 Å². The molecule has 0 amide bonds. The van der Waals surface area contributed by atoms with Gasteiger partial charge in [-0.05, 0) is 34.1 Å². The topological polar surface area (TPSA) is 17.3 Å². The van der Waals surface area contributed by atoms with Gasteiger partial charge in [0.1, 0.15) is 0 Å². The van der Waals surface area contributed by atoms with Crippen molar-refractivity contribution in [2.75, 3.05) is 0 Å². The van der Waals surface area contributed by atoms with Gasteiger partial charge in [0.2, 0.25) is 0 Å². The first-order chi connectivity index (χ1) is 6.86. The van der Waals surface area contributed by atoms with Gasteiger partial charge in [-0.15, -0.1) is 0 Å². The molecule has 1 aromatic carbocycles. The van der Waals surface area contributed by atoms with Gasteiger partial charge in [-0.3, -0.25) is 4.98 Å². The Hall–Kier alpha value is -1.35. The molecule has 0 saturated heterocycles. The largest absolute Gasteiger partial charge is 0.313 e. The number of benzene rings is 1. The molecule has 0 fully saturated rings. The van der Waals surface area contributed by atoms with Gasteiger partial charge in [-0.1, -0.05) is 12.1 Å². The molecule has 2 aromatic heterocycles. The number of para-hydroxylation sites is 2. The summed E-state index contributed by atoms with van der Waals surface area (Å²) in [5, 5.41) is 0. The van der Waals surface area contributed by atoms with Gasteiger partial charge in [0.05, 0.1) is 22.7 Å². The zero-order chi connectivity index (χ0) is 9.54. The second-order valence-corrected chi connectivity index (χ2v) is 4.02. The molecular weight excluding hydrogens is 240 g/mol. The van der Waals surface area contributed by atoms with Crippen LogP contribution in [0.3, 0.4) is 0 Å². The molecule has 3 heteroatoms. The van der Waals surface area contributed by atoms with E-state index in [1.54, 1.807) is 0 Å². The van der Waals surface area contributed by atoms with Crippen LogP contribution in [0.1, 0.15) is 0 Å². The lowest BCUT2D eigenvalue weighted by Crippen LogP contribution is -1.88. The van der Waals surface area contributed by atoms with Gasteiger partial charge < -0.3 is 4.40 Å². The number of nitrogens with zero attached hydrogens (tertiary/aromatic N) is 2. The zero-order valence-electron chi connectivity index (χ0n) is 7.31. The Bertz CT molecular complexity index is 613. The van der Waals surface area contributed by atoms with E-state index in [4.69, 9.17) is 0 Å². The fourth-order valence-electron chi connectivity index (χ4n) is 1.66. The highest BCUT2D eigenvalue weighted by molar-refractivity contribution is 9.10. The molecule has 3 aromatic rings. The third-order valence-corrected chi connectivity index (χ3v) is 3.01. The van der Waals surface area contributed by atoms with Crippen molar-refractivity contribution in [3.63, 3.8) is 0 Å². The SMILES string of the molecule is Brc1ccn2c1cnc1ccccc12. The molecule has 0 saturated carbocycles. The van der Waals surface area contributed by atoms with E-state index >= 15 is 0 Å². The van der Waals surface area contributed by atoms with Crippen LogP contribution in [0.25, 0.3) is 16.6 Å². The molecule has 0 spiro atoms. The predicted octanol–water partition coefficient (Wildman–Crippen LogP) is 3.25. The molecule has 2 nitrogen and oxygen atoms in total. The minimum Gasteiger partial charge on any atom is -0.313 e. The summed E-state index contributed by atoms with van der Waals surface area (Å²) in [6.45, 7) is 0. The summed E-state index contributed by atoms with van der Waals surface area (Å²) in [6, 6.07) is 10.1. The molecule has 2 heterocycles. The fraction of sp³-hybridized carbons (Fsp3) is 0. The third kappa shape index (κ3) is 0.990. The van der Waals surface area contributed by atoms with E-state index in [0.29, 0.717) is 0 Å². The summed E-state index contributed by atoms with van der Waals surface area (Å²) in [4.78, 5) is 4.39. The number of halogens is 1. The maximum absolute atomic E-state index is 4.39. The molecule has 0 N–H and O–H groups in total. The summed E-state index contributed by atoms with van der Waals surface area (Å²) < 4.78 is 3.21. The number of aromatic nitrogens is 2. The quantitative estimate of drug-likeness (QED) is 0.596. The lowest BCUT2D eigenvalue weighted by atomic mass is 10.3. The van der Waals surface area contributed by atoms with Crippen molar-refractivity contribution in [1.82, 2.24) is 9.38 Å². The number of hydrogen-bond donors (Lipinski definition) is 0. The van der Waals surface area contributed by atoms with Crippen LogP contribution in [0.4, 0.5) is 0 Å². The number of rotatable bonds is 0. The highest BCUT2D eigenvalue weighted by Gasteiger charge is 2.02. The standard InChI is InChI=1S/C11H7BrN2/c12-8-5-6-14-10-4-2-1-3-9(10)13-7-11(8)14/h1-7H. The van der Waals surface area contributed by atoms with Crippen molar-refractivity contribution >= 4 is 32.5 Å². The van der Waals surface area contributed by atoms with E-state index < -0.39 is 0 Å². The third-order valence-electron chi connectivity index (χ3n) is 2.34. The highest BCUT2D eigenvalue weighted by atomic mass is 79.9. The van der Waals surface area contributed by atoms with Crippen LogP contribution in [0, 0.1) is 0 Å². The maximum atomic E-state index is 4.39. The fourth-order valence-corrected chi connectivity index (χ4v) is 2.07. The Kier molecular flexibility index (Phi) is 1.61. The van der Waals surface area contributed by atoms with Crippen molar-refractivity contribution in [3.05, 3.63) is 47.2 Å². The van der Waals surface area contributed by atoms with Crippen LogP contribution < -0.4 is 0 Å². The first-order valence-electron chi connectivity index (χ1n) is 4.36. The summed E-state index contributed by atoms with van der Waals surface area (Å²) in [6.07, 6.45) is 3.93. The number of hydrogen-bond acceptors (Lipinski definition) is 1. The Morgan fingerprint density at radius 1 is 1.07 bits per heavy atom. The molecule has 3 rings (SSSR count). The Morgan fingerprint density at radius 3 is 2.86 bits per heavy atom. The Balaban J connectivity index is 2.61. The van der Waals surface area contributed by atoms with Gasteiger partial charge >= 0.3 is 0 Å². The van der Waals surface area contributed by atoms with E-state index in [2.05, 4.69) is 31.4 Å². The first-order valence-corrected chi connectivity index (χ1v) is 5.16. The predicted molar refractivity (Wildman–Crippen MR) is 60.4 cm³/mol. The molecule has 68 valence electrons. The van der Waals surface area contributed by atoms with E-state index in [0.717, 1.165) is 21.0 Å². The molecule has 0 aliphatic rings. The molecule has 0 aliphatic carbocycles. The Labute approximate surface area is 89.3 Å². The lowest BCUT2D eigenvalue weighted by Gasteiger charge is -2.00. The Morgan fingerprint density at radius 2 is 1.93 bits per heavy atom. The maximum Gasteiger partial charge on any atom is 0.0870 e. The van der Waals surface area contributed by atoms with E-state index in [-0.39, 0.29) is 0 Å². The number of fused-ring (bicyclic) bond motifs is 3. The van der Waals surface area contributed by atoms with Gasteiger partial charge in [-0.2, -0.15) is 0 Å². The van der Waals surface area contributed by atoms with E-state index in [1.165, 1.54) is 0 Å². The average Bonchev–Trinajstić information content (AvgIpc) is 2.61. The monoisotopic (exact) mass is 246 g/mol. The van der Waals surface area contributed by atoms with Gasteiger partial charge in [0.25, 0.3) is 0 Å². The summed E-state index contributed by atoms with van der Waals surface area (Å²) in [5.41, 5.74) is 3.25. The average molecular weight is 247 g/mol. The molecule has 0 unspecified atom stereocenters. The molecular formula is C11H7BrN2. The van der Waals surface area contributed by atoms with Crippen molar-refractivity contribution in [1.29, 1.82) is 0 Å². The summed E-state index contributed by atoms with van der Waals surface area (Å²) >= 11 is 3.49. The summed E-state index contributed by atoms with van der Waals surface area (Å²) in [7, 11) is 0. The smallest absolute Gasteiger partial charge is 0.0870 e.